The first-order valence-electron chi connectivity index (χ1n) is 13.7. The molecule has 3 N–H and O–H groups in total. The van der Waals surface area contributed by atoms with Crippen molar-refractivity contribution >= 4 is 5.84 Å². The third kappa shape index (κ3) is 7.87. The van der Waals surface area contributed by atoms with Gasteiger partial charge in [-0.1, -0.05) is 87.4 Å². The Kier molecular flexibility index (Phi) is 10.0. The van der Waals surface area contributed by atoms with Crippen LogP contribution >= 0.6 is 0 Å². The molecule has 202 valence electrons. The number of nitrogen functional groups attached to an aromatic ring is 1. The summed E-state index contributed by atoms with van der Waals surface area (Å²) < 4.78 is 18.3. The van der Waals surface area contributed by atoms with Crippen LogP contribution in [-0.2, 0) is 19.4 Å². The molecule has 4 aromatic carbocycles. The van der Waals surface area contributed by atoms with E-state index in [0.29, 0.717) is 19.8 Å². The highest BCUT2D eigenvalue weighted by Crippen LogP contribution is 2.29. The predicted octanol–water partition coefficient (Wildman–Crippen LogP) is 7.58. The Morgan fingerprint density at radius 3 is 1.87 bits per heavy atom. The van der Waals surface area contributed by atoms with Crippen LogP contribution in [-0.4, -0.2) is 19.0 Å². The van der Waals surface area contributed by atoms with E-state index in [-0.39, 0.29) is 5.84 Å². The molecule has 0 spiro atoms. The van der Waals surface area contributed by atoms with Crippen molar-refractivity contribution in [2.24, 2.45) is 5.73 Å². The second kappa shape index (κ2) is 14.1. The van der Waals surface area contributed by atoms with Gasteiger partial charge in [-0.2, -0.15) is 0 Å². The van der Waals surface area contributed by atoms with Gasteiger partial charge in [-0.05, 0) is 71.0 Å². The fraction of sp³-hybridized carbons (Fsp3) is 0.265. The summed E-state index contributed by atoms with van der Waals surface area (Å²) in [5, 5.41) is 7.60. The van der Waals surface area contributed by atoms with E-state index in [2.05, 4.69) is 44.2 Å². The van der Waals surface area contributed by atoms with Gasteiger partial charge in [-0.3, -0.25) is 5.41 Å². The van der Waals surface area contributed by atoms with Crippen molar-refractivity contribution in [1.82, 2.24) is 0 Å². The third-order valence-corrected chi connectivity index (χ3v) is 6.51. The molecule has 4 rings (SSSR count). The van der Waals surface area contributed by atoms with Gasteiger partial charge in [-0.15, -0.1) is 0 Å². The molecule has 5 nitrogen and oxygen atoms in total. The van der Waals surface area contributed by atoms with Crippen molar-refractivity contribution < 1.29 is 14.2 Å². The molecule has 0 fully saturated rings. The standard InChI is InChI=1S/C34H38N2O3/c1-3-8-29-22-28(26-12-14-27(15-13-26)34(35)36)16-18-32(29)37-20-21-38-33-19-17-31(23-30(33)9-4-2)39-24-25-10-6-5-7-11-25/h5-7,10-19,22-23H,3-4,8-9,20-21,24H2,1-2H3,(H3,35,36). The van der Waals surface area contributed by atoms with Gasteiger partial charge in [0.2, 0.25) is 0 Å². The Morgan fingerprint density at radius 1 is 0.667 bits per heavy atom. The molecule has 0 radical (unpaired) electrons. The molecule has 0 aliphatic carbocycles. The van der Waals surface area contributed by atoms with Gasteiger partial charge in [0.1, 0.15) is 42.9 Å². The van der Waals surface area contributed by atoms with Crippen molar-refractivity contribution in [2.45, 2.75) is 46.1 Å². The minimum absolute atomic E-state index is 0.0772. The van der Waals surface area contributed by atoms with Gasteiger partial charge < -0.3 is 19.9 Å². The van der Waals surface area contributed by atoms with Crippen LogP contribution in [0.15, 0.2) is 91.0 Å². The zero-order valence-electron chi connectivity index (χ0n) is 22.9. The summed E-state index contributed by atoms with van der Waals surface area (Å²) in [6.07, 6.45) is 3.91. The van der Waals surface area contributed by atoms with Gasteiger partial charge in [0.25, 0.3) is 0 Å². The number of amidine groups is 1. The second-order valence-corrected chi connectivity index (χ2v) is 9.55. The van der Waals surface area contributed by atoms with Crippen LogP contribution < -0.4 is 19.9 Å². The molecule has 0 aromatic heterocycles. The predicted molar refractivity (Wildman–Crippen MR) is 159 cm³/mol. The monoisotopic (exact) mass is 522 g/mol. The molecule has 0 aliphatic rings. The van der Waals surface area contributed by atoms with Crippen LogP contribution in [0.4, 0.5) is 0 Å². The summed E-state index contributed by atoms with van der Waals surface area (Å²) in [4.78, 5) is 0. The second-order valence-electron chi connectivity index (χ2n) is 9.55. The number of nitrogens with two attached hydrogens (primary N) is 1. The van der Waals surface area contributed by atoms with Crippen molar-refractivity contribution in [3.8, 4) is 28.4 Å². The largest absolute Gasteiger partial charge is 0.490 e. The SMILES string of the molecule is CCCc1cc(OCc2ccccc2)ccc1OCCOc1ccc(-c2ccc(C(=N)N)cc2)cc1CCC. The number of ether oxygens (including phenoxy) is 3. The van der Waals surface area contributed by atoms with E-state index < -0.39 is 0 Å². The lowest BCUT2D eigenvalue weighted by atomic mass is 9.99. The summed E-state index contributed by atoms with van der Waals surface area (Å²) in [6, 6.07) is 30.3. The molecule has 0 heterocycles. The molecular formula is C34H38N2O3. The lowest BCUT2D eigenvalue weighted by molar-refractivity contribution is 0.214. The Morgan fingerprint density at radius 2 is 1.26 bits per heavy atom. The number of benzene rings is 4. The van der Waals surface area contributed by atoms with Gasteiger partial charge >= 0.3 is 0 Å². The summed E-state index contributed by atoms with van der Waals surface area (Å²) in [5.41, 5.74) is 12.0. The van der Waals surface area contributed by atoms with Crippen LogP contribution in [0.2, 0.25) is 0 Å². The zero-order valence-corrected chi connectivity index (χ0v) is 22.9. The molecule has 0 aliphatic heterocycles. The quantitative estimate of drug-likeness (QED) is 0.102. The molecule has 0 saturated carbocycles. The van der Waals surface area contributed by atoms with Gasteiger partial charge in [0, 0.05) is 5.56 Å². The van der Waals surface area contributed by atoms with Crippen LogP contribution in [0, 0.1) is 5.41 Å². The zero-order chi connectivity index (χ0) is 27.5. The van der Waals surface area contributed by atoms with Gasteiger partial charge in [-0.25, -0.2) is 0 Å². The molecular weight excluding hydrogens is 484 g/mol. The number of nitrogens with one attached hydrogen (secondary N) is 1. The fourth-order valence-corrected chi connectivity index (χ4v) is 4.50. The maximum Gasteiger partial charge on any atom is 0.122 e. The van der Waals surface area contributed by atoms with Crippen molar-refractivity contribution in [2.75, 3.05) is 13.2 Å². The fourth-order valence-electron chi connectivity index (χ4n) is 4.50. The first kappa shape index (κ1) is 27.8. The molecule has 0 bridgehead atoms. The Bertz CT molecular complexity index is 1350. The number of rotatable bonds is 14. The maximum atomic E-state index is 7.60. The summed E-state index contributed by atoms with van der Waals surface area (Å²) in [6.45, 7) is 5.80. The lowest BCUT2D eigenvalue weighted by Gasteiger charge is -2.16. The van der Waals surface area contributed by atoms with Gasteiger partial charge in [0.05, 0.1) is 0 Å². The normalized spacial score (nSPS) is 10.7. The minimum Gasteiger partial charge on any atom is -0.490 e. The molecule has 39 heavy (non-hydrogen) atoms. The summed E-state index contributed by atoms with van der Waals surface area (Å²) >= 11 is 0. The number of hydrogen-bond donors (Lipinski definition) is 2. The number of hydrogen-bond acceptors (Lipinski definition) is 4. The lowest BCUT2D eigenvalue weighted by Crippen LogP contribution is -2.11. The Hall–Kier alpha value is -4.25. The average Bonchev–Trinajstić information content (AvgIpc) is 2.96. The van der Waals surface area contributed by atoms with E-state index in [9.17, 15) is 0 Å². The van der Waals surface area contributed by atoms with E-state index in [0.717, 1.165) is 70.7 Å². The first-order chi connectivity index (χ1) is 19.1. The van der Waals surface area contributed by atoms with E-state index in [1.165, 1.54) is 5.56 Å². The average molecular weight is 523 g/mol. The van der Waals surface area contributed by atoms with Crippen molar-refractivity contribution in [3.05, 3.63) is 113 Å². The van der Waals surface area contributed by atoms with Crippen LogP contribution in [0.5, 0.6) is 17.2 Å². The van der Waals surface area contributed by atoms with Gasteiger partial charge in [0.15, 0.2) is 0 Å². The molecule has 0 atom stereocenters. The minimum atomic E-state index is 0.0772. The van der Waals surface area contributed by atoms with E-state index in [1.54, 1.807) is 0 Å². The topological polar surface area (TPSA) is 77.6 Å². The Balaban J connectivity index is 1.36. The Labute approximate surface area is 232 Å². The van der Waals surface area contributed by atoms with E-state index in [4.69, 9.17) is 25.4 Å². The maximum absolute atomic E-state index is 7.60. The smallest absolute Gasteiger partial charge is 0.122 e. The highest BCUT2D eigenvalue weighted by molar-refractivity contribution is 5.95. The van der Waals surface area contributed by atoms with Crippen LogP contribution in [0.25, 0.3) is 11.1 Å². The first-order valence-corrected chi connectivity index (χ1v) is 13.7. The van der Waals surface area contributed by atoms with Crippen LogP contribution in [0.1, 0.15) is 48.9 Å². The highest BCUT2D eigenvalue weighted by atomic mass is 16.5. The van der Waals surface area contributed by atoms with E-state index in [1.807, 2.05) is 60.7 Å². The molecule has 0 amide bonds. The summed E-state index contributed by atoms with van der Waals surface area (Å²) in [7, 11) is 0. The van der Waals surface area contributed by atoms with Crippen molar-refractivity contribution in [1.29, 1.82) is 5.41 Å². The van der Waals surface area contributed by atoms with E-state index >= 15 is 0 Å². The summed E-state index contributed by atoms with van der Waals surface area (Å²) in [5.74, 6) is 2.70. The third-order valence-electron chi connectivity index (χ3n) is 6.51. The molecule has 0 saturated heterocycles. The molecule has 5 heteroatoms. The molecule has 0 unspecified atom stereocenters. The molecule has 4 aromatic rings. The highest BCUT2D eigenvalue weighted by Gasteiger charge is 2.09. The van der Waals surface area contributed by atoms with Crippen LogP contribution in [0.3, 0.4) is 0 Å². The number of aryl methyl sites for hydroxylation is 2. The van der Waals surface area contributed by atoms with Crippen molar-refractivity contribution in [3.63, 3.8) is 0 Å².